The standard InChI is InChI=1S/C17H19NO2S/c1-21-16-8-4-7-15(16)18-14-10-9-13(17(19)20)11-5-2-3-6-12(11)14/h2-3,5-6,9-10,15-16,18H,4,7-8H2,1H3,(H,19,20). The van der Waals surface area contributed by atoms with Crippen molar-refractivity contribution < 1.29 is 9.90 Å². The fourth-order valence-corrected chi connectivity index (χ4v) is 4.12. The molecule has 2 unspecified atom stereocenters. The molecule has 0 bridgehead atoms. The molecule has 0 heterocycles. The Bertz CT molecular complexity index is 671. The zero-order valence-corrected chi connectivity index (χ0v) is 12.8. The zero-order valence-electron chi connectivity index (χ0n) is 12.0. The van der Waals surface area contributed by atoms with Gasteiger partial charge in [-0.15, -0.1) is 0 Å². The summed E-state index contributed by atoms with van der Waals surface area (Å²) in [5.41, 5.74) is 1.41. The van der Waals surface area contributed by atoms with E-state index in [0.717, 1.165) is 16.5 Å². The summed E-state index contributed by atoms with van der Waals surface area (Å²) >= 11 is 1.92. The van der Waals surface area contributed by atoms with Crippen LogP contribution in [0.1, 0.15) is 29.6 Å². The second-order valence-corrected chi connectivity index (χ2v) is 6.54. The van der Waals surface area contributed by atoms with Crippen molar-refractivity contribution in [1.29, 1.82) is 0 Å². The summed E-state index contributed by atoms with van der Waals surface area (Å²) in [6.45, 7) is 0. The Labute approximate surface area is 128 Å². The van der Waals surface area contributed by atoms with E-state index < -0.39 is 5.97 Å². The molecule has 0 saturated heterocycles. The van der Waals surface area contributed by atoms with Gasteiger partial charge in [0.25, 0.3) is 0 Å². The number of thioether (sulfide) groups is 1. The van der Waals surface area contributed by atoms with Crippen LogP contribution < -0.4 is 5.32 Å². The van der Waals surface area contributed by atoms with Gasteiger partial charge in [0, 0.05) is 22.4 Å². The third kappa shape index (κ3) is 2.72. The van der Waals surface area contributed by atoms with Crippen LogP contribution in [0.5, 0.6) is 0 Å². The van der Waals surface area contributed by atoms with E-state index in [1.807, 2.05) is 42.1 Å². The molecular formula is C17H19NO2S. The van der Waals surface area contributed by atoms with Crippen LogP contribution in [0.2, 0.25) is 0 Å². The summed E-state index contributed by atoms with van der Waals surface area (Å²) in [5, 5.41) is 15.4. The van der Waals surface area contributed by atoms with Crippen molar-refractivity contribution >= 4 is 34.2 Å². The minimum atomic E-state index is -0.874. The Morgan fingerprint density at radius 3 is 2.67 bits per heavy atom. The number of rotatable bonds is 4. The summed E-state index contributed by atoms with van der Waals surface area (Å²) in [5.74, 6) is -0.874. The highest BCUT2D eigenvalue weighted by Crippen LogP contribution is 2.33. The quantitative estimate of drug-likeness (QED) is 0.887. The average molecular weight is 301 g/mol. The van der Waals surface area contributed by atoms with Gasteiger partial charge >= 0.3 is 5.97 Å². The van der Waals surface area contributed by atoms with E-state index >= 15 is 0 Å². The first-order valence-corrected chi connectivity index (χ1v) is 8.54. The van der Waals surface area contributed by atoms with Gasteiger partial charge in [0.15, 0.2) is 0 Å². The van der Waals surface area contributed by atoms with E-state index in [4.69, 9.17) is 0 Å². The van der Waals surface area contributed by atoms with Gasteiger partial charge in [0.1, 0.15) is 0 Å². The van der Waals surface area contributed by atoms with Crippen molar-refractivity contribution in [1.82, 2.24) is 0 Å². The fraction of sp³-hybridized carbons (Fsp3) is 0.353. The lowest BCUT2D eigenvalue weighted by atomic mass is 10.0. The first-order chi connectivity index (χ1) is 10.2. The molecule has 0 amide bonds. The van der Waals surface area contributed by atoms with Crippen LogP contribution in [0.3, 0.4) is 0 Å². The van der Waals surface area contributed by atoms with E-state index in [2.05, 4.69) is 11.6 Å². The molecule has 2 aromatic carbocycles. The molecule has 4 heteroatoms. The zero-order chi connectivity index (χ0) is 14.8. The maximum absolute atomic E-state index is 11.3. The summed E-state index contributed by atoms with van der Waals surface area (Å²) in [7, 11) is 0. The normalized spacial score (nSPS) is 21.6. The highest BCUT2D eigenvalue weighted by Gasteiger charge is 2.26. The maximum atomic E-state index is 11.3. The second-order valence-electron chi connectivity index (χ2n) is 5.47. The summed E-state index contributed by atoms with van der Waals surface area (Å²) < 4.78 is 0. The third-order valence-electron chi connectivity index (χ3n) is 4.25. The number of benzene rings is 2. The number of hydrogen-bond acceptors (Lipinski definition) is 3. The van der Waals surface area contributed by atoms with Crippen LogP contribution in [0, 0.1) is 0 Å². The molecule has 3 nitrogen and oxygen atoms in total. The second kappa shape index (κ2) is 5.98. The number of anilines is 1. The summed E-state index contributed by atoms with van der Waals surface area (Å²) in [6.07, 6.45) is 5.86. The fourth-order valence-electron chi connectivity index (χ4n) is 3.18. The highest BCUT2D eigenvalue weighted by atomic mass is 32.2. The van der Waals surface area contributed by atoms with Crippen LogP contribution in [-0.2, 0) is 0 Å². The molecular weight excluding hydrogens is 282 g/mol. The highest BCUT2D eigenvalue weighted by molar-refractivity contribution is 7.99. The Morgan fingerprint density at radius 1 is 1.19 bits per heavy atom. The molecule has 2 aromatic rings. The largest absolute Gasteiger partial charge is 0.478 e. The number of nitrogens with one attached hydrogen (secondary N) is 1. The molecule has 3 rings (SSSR count). The lowest BCUT2D eigenvalue weighted by molar-refractivity contribution is 0.0699. The van der Waals surface area contributed by atoms with Crippen LogP contribution in [-0.4, -0.2) is 28.6 Å². The number of carboxylic acid groups (broad SMARTS) is 1. The Balaban J connectivity index is 2.00. The van der Waals surface area contributed by atoms with E-state index in [1.165, 1.54) is 19.3 Å². The molecule has 0 radical (unpaired) electrons. The molecule has 1 fully saturated rings. The SMILES string of the molecule is CSC1CCCC1Nc1ccc(C(=O)O)c2ccccc12. The van der Waals surface area contributed by atoms with Gasteiger partial charge in [-0.05, 0) is 36.6 Å². The maximum Gasteiger partial charge on any atom is 0.336 e. The monoisotopic (exact) mass is 301 g/mol. The third-order valence-corrected chi connectivity index (χ3v) is 5.42. The van der Waals surface area contributed by atoms with Crippen molar-refractivity contribution in [3.63, 3.8) is 0 Å². The summed E-state index contributed by atoms with van der Waals surface area (Å²) in [6, 6.07) is 11.8. The summed E-state index contributed by atoms with van der Waals surface area (Å²) in [4.78, 5) is 11.3. The van der Waals surface area contributed by atoms with E-state index in [9.17, 15) is 9.90 Å². The van der Waals surface area contributed by atoms with E-state index in [1.54, 1.807) is 6.07 Å². The number of carboxylic acids is 1. The minimum absolute atomic E-state index is 0.365. The molecule has 1 saturated carbocycles. The van der Waals surface area contributed by atoms with Crippen molar-refractivity contribution in [3.8, 4) is 0 Å². The van der Waals surface area contributed by atoms with Gasteiger partial charge < -0.3 is 10.4 Å². The van der Waals surface area contributed by atoms with Crippen LogP contribution >= 0.6 is 11.8 Å². The number of fused-ring (bicyclic) bond motifs is 1. The molecule has 2 N–H and O–H groups in total. The number of aromatic carboxylic acids is 1. The predicted molar refractivity (Wildman–Crippen MR) is 89.5 cm³/mol. The predicted octanol–water partition coefficient (Wildman–Crippen LogP) is 4.23. The molecule has 0 aromatic heterocycles. The van der Waals surface area contributed by atoms with Gasteiger partial charge in [-0.3, -0.25) is 0 Å². The average Bonchev–Trinajstić information content (AvgIpc) is 2.94. The lowest BCUT2D eigenvalue weighted by Crippen LogP contribution is -2.25. The number of carbonyl (C=O) groups is 1. The molecule has 2 atom stereocenters. The van der Waals surface area contributed by atoms with Crippen molar-refractivity contribution in [2.24, 2.45) is 0 Å². The molecule has 1 aliphatic carbocycles. The molecule has 21 heavy (non-hydrogen) atoms. The van der Waals surface area contributed by atoms with E-state index in [-0.39, 0.29) is 0 Å². The molecule has 0 spiro atoms. The van der Waals surface area contributed by atoms with Crippen molar-refractivity contribution in [3.05, 3.63) is 42.0 Å². The Morgan fingerprint density at radius 2 is 1.95 bits per heavy atom. The van der Waals surface area contributed by atoms with Crippen molar-refractivity contribution in [2.45, 2.75) is 30.6 Å². The van der Waals surface area contributed by atoms with Gasteiger partial charge in [-0.1, -0.05) is 30.7 Å². The van der Waals surface area contributed by atoms with Gasteiger partial charge in [-0.25, -0.2) is 4.79 Å². The topological polar surface area (TPSA) is 49.3 Å². The molecule has 0 aliphatic heterocycles. The van der Waals surface area contributed by atoms with Gasteiger partial charge in [-0.2, -0.15) is 11.8 Å². The first-order valence-electron chi connectivity index (χ1n) is 7.25. The number of hydrogen-bond donors (Lipinski definition) is 2. The first kappa shape index (κ1) is 14.3. The van der Waals surface area contributed by atoms with Gasteiger partial charge in [0.05, 0.1) is 5.56 Å². The van der Waals surface area contributed by atoms with Crippen LogP contribution in [0.4, 0.5) is 5.69 Å². The Hall–Kier alpha value is -1.68. The van der Waals surface area contributed by atoms with Gasteiger partial charge in [0.2, 0.25) is 0 Å². The Kier molecular flexibility index (Phi) is 4.06. The molecule has 110 valence electrons. The van der Waals surface area contributed by atoms with E-state index in [0.29, 0.717) is 16.9 Å². The van der Waals surface area contributed by atoms with Crippen molar-refractivity contribution in [2.75, 3.05) is 11.6 Å². The smallest absolute Gasteiger partial charge is 0.336 e. The van der Waals surface area contributed by atoms with Crippen LogP contribution in [0.25, 0.3) is 10.8 Å². The van der Waals surface area contributed by atoms with Crippen LogP contribution in [0.15, 0.2) is 36.4 Å². The lowest BCUT2D eigenvalue weighted by Gasteiger charge is -2.22. The molecule has 1 aliphatic rings. The minimum Gasteiger partial charge on any atom is -0.478 e.